The highest BCUT2D eigenvalue weighted by Gasteiger charge is 2.19. The number of rotatable bonds is 48. The van der Waals surface area contributed by atoms with Gasteiger partial charge in [0.1, 0.15) is 13.2 Å². The Kier molecular flexibility index (Phi) is 48.8. The summed E-state index contributed by atoms with van der Waals surface area (Å²) in [5, 5.41) is 0. The first-order valence-corrected chi connectivity index (χ1v) is 26.6. The lowest BCUT2D eigenvalue weighted by Gasteiger charge is -2.18. The number of ether oxygens (including phenoxy) is 3. The van der Waals surface area contributed by atoms with Crippen LogP contribution in [0.15, 0.2) is 48.6 Å². The van der Waals surface area contributed by atoms with E-state index in [1.807, 2.05) is 0 Å². The summed E-state index contributed by atoms with van der Waals surface area (Å²) in [6.45, 7) is 6.58. The number of allylic oxidation sites excluding steroid dienone is 8. The van der Waals surface area contributed by atoms with Crippen molar-refractivity contribution in [2.24, 2.45) is 0 Å². The molecule has 0 heterocycles. The summed E-state index contributed by atoms with van der Waals surface area (Å²) in [5.41, 5.74) is 0. The van der Waals surface area contributed by atoms with Crippen LogP contribution in [0.25, 0.3) is 0 Å². The molecule has 0 amide bonds. The van der Waals surface area contributed by atoms with Gasteiger partial charge >= 0.3 is 17.9 Å². The second-order valence-corrected chi connectivity index (χ2v) is 17.8. The quantitative estimate of drug-likeness (QED) is 0.0262. The summed E-state index contributed by atoms with van der Waals surface area (Å²) in [5.74, 6) is -0.892. The largest absolute Gasteiger partial charge is 0.462 e. The van der Waals surface area contributed by atoms with Gasteiger partial charge < -0.3 is 14.2 Å². The second-order valence-electron chi connectivity index (χ2n) is 17.8. The molecule has 0 unspecified atom stereocenters. The summed E-state index contributed by atoms with van der Waals surface area (Å²) in [6.07, 6.45) is 60.9. The van der Waals surface area contributed by atoms with Gasteiger partial charge in [0.2, 0.25) is 0 Å². The minimum Gasteiger partial charge on any atom is -0.462 e. The zero-order valence-corrected chi connectivity index (χ0v) is 41.1. The Bertz CT molecular complexity index is 1090. The zero-order chi connectivity index (χ0) is 45.1. The molecule has 0 radical (unpaired) electrons. The average Bonchev–Trinajstić information content (AvgIpc) is 3.27. The Morgan fingerprint density at radius 2 is 0.581 bits per heavy atom. The molecule has 6 heteroatoms. The van der Waals surface area contributed by atoms with Gasteiger partial charge in [-0.3, -0.25) is 14.4 Å². The lowest BCUT2D eigenvalue weighted by molar-refractivity contribution is -0.167. The highest BCUT2D eigenvalue weighted by molar-refractivity contribution is 5.71. The van der Waals surface area contributed by atoms with Crippen molar-refractivity contribution in [1.29, 1.82) is 0 Å². The van der Waals surface area contributed by atoms with Crippen LogP contribution in [0, 0.1) is 0 Å². The first-order chi connectivity index (χ1) is 30.5. The fourth-order valence-electron chi connectivity index (χ4n) is 7.50. The van der Waals surface area contributed by atoms with E-state index in [1.54, 1.807) is 0 Å². The molecule has 0 aliphatic heterocycles. The van der Waals surface area contributed by atoms with E-state index in [2.05, 4.69) is 69.4 Å². The SMILES string of the molecule is CCCCC/C=C\C/C=C\CCCCCCCCCC(=O)OC[C@H](COC(=O)CCCCCCC/C=C\C/C=C\CCCCC)OC(=O)CCCCCCCCCCCCCC. The Balaban J connectivity index is 4.37. The molecule has 0 aromatic rings. The third-order valence-electron chi connectivity index (χ3n) is 11.6. The van der Waals surface area contributed by atoms with Crippen LogP contribution < -0.4 is 0 Å². The highest BCUT2D eigenvalue weighted by atomic mass is 16.6. The van der Waals surface area contributed by atoms with Crippen molar-refractivity contribution in [2.75, 3.05) is 13.2 Å². The van der Waals surface area contributed by atoms with Gasteiger partial charge in [-0.2, -0.15) is 0 Å². The summed E-state index contributed by atoms with van der Waals surface area (Å²) in [6, 6.07) is 0. The van der Waals surface area contributed by atoms with E-state index in [4.69, 9.17) is 14.2 Å². The third-order valence-corrected chi connectivity index (χ3v) is 11.6. The van der Waals surface area contributed by atoms with Crippen molar-refractivity contribution in [3.63, 3.8) is 0 Å². The van der Waals surface area contributed by atoms with Gasteiger partial charge in [0.05, 0.1) is 0 Å². The van der Waals surface area contributed by atoms with E-state index in [-0.39, 0.29) is 31.1 Å². The first-order valence-electron chi connectivity index (χ1n) is 26.6. The summed E-state index contributed by atoms with van der Waals surface area (Å²) < 4.78 is 16.8. The van der Waals surface area contributed by atoms with E-state index in [1.165, 1.54) is 141 Å². The molecule has 0 rings (SSSR count). The van der Waals surface area contributed by atoms with Gasteiger partial charge in [-0.1, -0.05) is 217 Å². The molecule has 0 aromatic heterocycles. The van der Waals surface area contributed by atoms with Gasteiger partial charge in [0, 0.05) is 19.3 Å². The fourth-order valence-corrected chi connectivity index (χ4v) is 7.50. The zero-order valence-electron chi connectivity index (χ0n) is 41.1. The molecule has 0 aromatic carbocycles. The molecule has 0 spiro atoms. The summed E-state index contributed by atoms with van der Waals surface area (Å²) >= 11 is 0. The average molecular weight is 869 g/mol. The normalized spacial score (nSPS) is 12.4. The van der Waals surface area contributed by atoms with Gasteiger partial charge in [-0.15, -0.1) is 0 Å². The lowest BCUT2D eigenvalue weighted by Crippen LogP contribution is -2.30. The molecule has 0 N–H and O–H groups in total. The van der Waals surface area contributed by atoms with E-state index in [0.717, 1.165) is 89.9 Å². The van der Waals surface area contributed by atoms with Crippen LogP contribution in [0.4, 0.5) is 0 Å². The number of hydrogen-bond acceptors (Lipinski definition) is 6. The number of carbonyl (C=O) groups is 3. The van der Waals surface area contributed by atoms with E-state index < -0.39 is 6.10 Å². The minimum atomic E-state index is -0.779. The smallest absolute Gasteiger partial charge is 0.306 e. The van der Waals surface area contributed by atoms with Crippen LogP contribution in [-0.2, 0) is 28.6 Å². The van der Waals surface area contributed by atoms with Crippen LogP contribution in [0.2, 0.25) is 0 Å². The molecule has 1 atom stereocenters. The molecule has 0 aliphatic rings. The van der Waals surface area contributed by atoms with E-state index >= 15 is 0 Å². The maximum atomic E-state index is 12.8. The number of esters is 3. The van der Waals surface area contributed by atoms with Crippen LogP contribution in [0.3, 0.4) is 0 Å². The summed E-state index contributed by atoms with van der Waals surface area (Å²) in [7, 11) is 0. The molecule has 0 aliphatic carbocycles. The monoisotopic (exact) mass is 869 g/mol. The summed E-state index contributed by atoms with van der Waals surface area (Å²) in [4.78, 5) is 38.0. The van der Waals surface area contributed by atoms with Gasteiger partial charge in [0.25, 0.3) is 0 Å². The highest BCUT2D eigenvalue weighted by Crippen LogP contribution is 2.15. The number of hydrogen-bond donors (Lipinski definition) is 0. The van der Waals surface area contributed by atoms with Crippen molar-refractivity contribution in [2.45, 2.75) is 277 Å². The maximum Gasteiger partial charge on any atom is 0.306 e. The molecular weight excluding hydrogens is 769 g/mol. The van der Waals surface area contributed by atoms with Crippen molar-refractivity contribution in [1.82, 2.24) is 0 Å². The van der Waals surface area contributed by atoms with Crippen LogP contribution in [0.1, 0.15) is 271 Å². The lowest BCUT2D eigenvalue weighted by atomic mass is 10.0. The van der Waals surface area contributed by atoms with Crippen molar-refractivity contribution in [3.8, 4) is 0 Å². The molecule has 360 valence electrons. The molecule has 0 saturated heterocycles. The standard InChI is InChI=1S/C56H100O6/c1-4-7-10-13-16-19-22-25-27-28-30-32-35-37-40-43-46-49-55(58)61-52-53(62-56(59)50-47-44-41-38-33-24-21-18-15-12-9-6-3)51-60-54(57)48-45-42-39-36-34-31-29-26-23-20-17-14-11-8-5-2/h16-17,19-20,25-27,29,53H,4-15,18,21-24,28,30-52H2,1-3H3/b19-16-,20-17-,27-25-,29-26-/t53-/m0/s1. The van der Waals surface area contributed by atoms with Gasteiger partial charge in [0.15, 0.2) is 6.10 Å². The predicted molar refractivity (Wildman–Crippen MR) is 265 cm³/mol. The second kappa shape index (κ2) is 51.0. The molecule has 62 heavy (non-hydrogen) atoms. The number of carbonyl (C=O) groups excluding carboxylic acids is 3. The molecular formula is C56H100O6. The van der Waals surface area contributed by atoms with Gasteiger partial charge in [-0.25, -0.2) is 0 Å². The molecule has 0 fully saturated rings. The van der Waals surface area contributed by atoms with Crippen molar-refractivity contribution >= 4 is 17.9 Å². The minimum absolute atomic E-state index is 0.0797. The predicted octanol–water partition coefficient (Wildman–Crippen LogP) is 17.5. The van der Waals surface area contributed by atoms with Crippen LogP contribution >= 0.6 is 0 Å². The first kappa shape index (κ1) is 59.4. The molecule has 0 saturated carbocycles. The third kappa shape index (κ3) is 48.4. The molecule has 6 nitrogen and oxygen atoms in total. The molecule has 0 bridgehead atoms. The fraction of sp³-hybridized carbons (Fsp3) is 0.804. The Morgan fingerprint density at radius 1 is 0.323 bits per heavy atom. The van der Waals surface area contributed by atoms with Crippen LogP contribution in [0.5, 0.6) is 0 Å². The Hall–Kier alpha value is -2.63. The topological polar surface area (TPSA) is 78.9 Å². The van der Waals surface area contributed by atoms with E-state index in [0.29, 0.717) is 19.3 Å². The van der Waals surface area contributed by atoms with Crippen molar-refractivity contribution in [3.05, 3.63) is 48.6 Å². The Morgan fingerprint density at radius 3 is 0.919 bits per heavy atom. The van der Waals surface area contributed by atoms with Gasteiger partial charge in [-0.05, 0) is 83.5 Å². The van der Waals surface area contributed by atoms with Crippen molar-refractivity contribution < 1.29 is 28.6 Å². The Labute approximate surface area is 384 Å². The van der Waals surface area contributed by atoms with E-state index in [9.17, 15) is 14.4 Å². The van der Waals surface area contributed by atoms with Crippen LogP contribution in [-0.4, -0.2) is 37.2 Å². The maximum absolute atomic E-state index is 12.8. The number of unbranched alkanes of at least 4 members (excludes halogenated alkanes) is 29.